The first kappa shape index (κ1) is 22.2. The zero-order valence-corrected chi connectivity index (χ0v) is 18.0. The summed E-state index contributed by atoms with van der Waals surface area (Å²) in [7, 11) is 1.52. The number of nitrogens with one attached hydrogen (secondary N) is 1. The number of tetrazole rings is 1. The van der Waals surface area contributed by atoms with Gasteiger partial charge in [0, 0.05) is 11.8 Å². The molecule has 2 aromatic carbocycles. The molecular formula is C21H21ClFN5O3. The van der Waals surface area contributed by atoms with Crippen molar-refractivity contribution in [1.82, 2.24) is 20.2 Å². The molecule has 1 N–H and O–H groups in total. The summed E-state index contributed by atoms with van der Waals surface area (Å²) in [6, 6.07) is 7.52. The van der Waals surface area contributed by atoms with Gasteiger partial charge in [-0.1, -0.05) is 18.5 Å². The van der Waals surface area contributed by atoms with Gasteiger partial charge in [-0.15, -0.1) is 5.10 Å². The topological polar surface area (TPSA) is 91.2 Å². The molecule has 1 heterocycles. The van der Waals surface area contributed by atoms with Crippen molar-refractivity contribution in [3.63, 3.8) is 0 Å². The van der Waals surface area contributed by atoms with Gasteiger partial charge in [-0.05, 0) is 65.7 Å². The molecule has 3 rings (SSSR count). The molecule has 0 aliphatic heterocycles. The zero-order chi connectivity index (χ0) is 22.4. The van der Waals surface area contributed by atoms with E-state index in [4.69, 9.17) is 21.1 Å². The standard InChI is InChI=1S/C21H21ClFN5O3/c1-4-9-31-21-16(22)10-14(11-19(21)30-3)5-8-20(29)24-15-6-7-17(23)18(12-15)28-13(2)25-26-27-28/h5-8,10-12H,4,9H2,1-3H3,(H,24,29)/b8-5+. The Morgan fingerprint density at radius 2 is 2.13 bits per heavy atom. The number of anilines is 1. The lowest BCUT2D eigenvalue weighted by Gasteiger charge is -2.12. The van der Waals surface area contributed by atoms with Gasteiger partial charge in [0.05, 0.1) is 18.7 Å². The van der Waals surface area contributed by atoms with E-state index in [9.17, 15) is 9.18 Å². The summed E-state index contributed by atoms with van der Waals surface area (Å²) in [5.74, 6) is 0.424. The summed E-state index contributed by atoms with van der Waals surface area (Å²) >= 11 is 6.29. The van der Waals surface area contributed by atoms with Crippen LogP contribution in [0.25, 0.3) is 11.8 Å². The van der Waals surface area contributed by atoms with E-state index in [-0.39, 0.29) is 5.69 Å². The molecule has 3 aromatic rings. The molecule has 0 aliphatic carbocycles. The number of methoxy groups -OCH3 is 1. The number of aromatic nitrogens is 4. The van der Waals surface area contributed by atoms with Crippen LogP contribution in [0.3, 0.4) is 0 Å². The van der Waals surface area contributed by atoms with Crippen molar-refractivity contribution >= 4 is 29.3 Å². The highest BCUT2D eigenvalue weighted by Gasteiger charge is 2.13. The minimum atomic E-state index is -0.518. The van der Waals surface area contributed by atoms with E-state index in [0.717, 1.165) is 6.42 Å². The first-order valence-electron chi connectivity index (χ1n) is 9.47. The summed E-state index contributed by atoms with van der Waals surface area (Å²) in [5, 5.41) is 14.1. The Bertz CT molecular complexity index is 1120. The molecule has 1 aromatic heterocycles. The van der Waals surface area contributed by atoms with Crippen LogP contribution in [-0.2, 0) is 4.79 Å². The van der Waals surface area contributed by atoms with Crippen molar-refractivity contribution in [2.75, 3.05) is 19.0 Å². The predicted molar refractivity (Wildman–Crippen MR) is 115 cm³/mol. The highest BCUT2D eigenvalue weighted by molar-refractivity contribution is 6.32. The van der Waals surface area contributed by atoms with Crippen LogP contribution >= 0.6 is 11.6 Å². The van der Waals surface area contributed by atoms with Crippen LogP contribution in [0.1, 0.15) is 24.7 Å². The number of hydrogen-bond acceptors (Lipinski definition) is 6. The number of amides is 1. The minimum absolute atomic E-state index is 0.128. The van der Waals surface area contributed by atoms with Crippen LogP contribution in [0.15, 0.2) is 36.4 Å². The fourth-order valence-corrected chi connectivity index (χ4v) is 3.02. The van der Waals surface area contributed by atoms with Gasteiger partial charge >= 0.3 is 0 Å². The van der Waals surface area contributed by atoms with Gasteiger partial charge < -0.3 is 14.8 Å². The molecule has 0 atom stereocenters. The highest BCUT2D eigenvalue weighted by Crippen LogP contribution is 2.36. The van der Waals surface area contributed by atoms with Crippen LogP contribution in [0.2, 0.25) is 5.02 Å². The minimum Gasteiger partial charge on any atom is -0.493 e. The largest absolute Gasteiger partial charge is 0.493 e. The average molecular weight is 446 g/mol. The van der Waals surface area contributed by atoms with Crippen molar-refractivity contribution in [3.8, 4) is 17.2 Å². The lowest BCUT2D eigenvalue weighted by Crippen LogP contribution is -2.09. The van der Waals surface area contributed by atoms with Crippen molar-refractivity contribution in [1.29, 1.82) is 0 Å². The highest BCUT2D eigenvalue weighted by atomic mass is 35.5. The van der Waals surface area contributed by atoms with E-state index in [1.807, 2.05) is 6.92 Å². The Kier molecular flexibility index (Phi) is 7.19. The van der Waals surface area contributed by atoms with E-state index in [2.05, 4.69) is 20.8 Å². The van der Waals surface area contributed by atoms with Crippen LogP contribution in [0.5, 0.6) is 11.5 Å². The first-order valence-corrected chi connectivity index (χ1v) is 9.85. The SMILES string of the molecule is CCCOc1c(Cl)cc(/C=C/C(=O)Nc2ccc(F)c(-n3nnnc3C)c2)cc1OC. The van der Waals surface area contributed by atoms with Crippen LogP contribution in [0, 0.1) is 12.7 Å². The van der Waals surface area contributed by atoms with E-state index in [0.29, 0.717) is 40.2 Å². The molecular weight excluding hydrogens is 425 g/mol. The maximum absolute atomic E-state index is 14.2. The molecule has 0 saturated heterocycles. The van der Waals surface area contributed by atoms with Crippen LogP contribution in [-0.4, -0.2) is 39.8 Å². The van der Waals surface area contributed by atoms with Gasteiger partial charge in [0.15, 0.2) is 17.3 Å². The van der Waals surface area contributed by atoms with E-state index in [1.54, 1.807) is 25.1 Å². The Morgan fingerprint density at radius 1 is 1.32 bits per heavy atom. The summed E-state index contributed by atoms with van der Waals surface area (Å²) in [6.07, 6.45) is 3.76. The zero-order valence-electron chi connectivity index (χ0n) is 17.2. The third-order valence-electron chi connectivity index (χ3n) is 4.20. The quantitative estimate of drug-likeness (QED) is 0.522. The van der Waals surface area contributed by atoms with Gasteiger partial charge in [-0.2, -0.15) is 4.68 Å². The number of aryl methyl sites for hydroxylation is 1. The fourth-order valence-electron chi connectivity index (χ4n) is 2.74. The summed E-state index contributed by atoms with van der Waals surface area (Å²) in [5.41, 5.74) is 1.17. The predicted octanol–water partition coefficient (Wildman–Crippen LogP) is 4.21. The number of carbonyl (C=O) groups excluding carboxylic acids is 1. The second-order valence-electron chi connectivity index (χ2n) is 6.51. The van der Waals surface area contributed by atoms with Crippen molar-refractivity contribution in [2.24, 2.45) is 0 Å². The number of carbonyl (C=O) groups is 1. The van der Waals surface area contributed by atoms with Gasteiger partial charge in [-0.3, -0.25) is 4.79 Å². The summed E-state index contributed by atoms with van der Waals surface area (Å²) in [4.78, 5) is 12.4. The maximum atomic E-state index is 14.2. The Balaban J connectivity index is 1.75. The Morgan fingerprint density at radius 3 is 2.81 bits per heavy atom. The Hall–Kier alpha value is -3.46. The monoisotopic (exact) mass is 445 g/mol. The second-order valence-corrected chi connectivity index (χ2v) is 6.92. The number of halogens is 2. The van der Waals surface area contributed by atoms with Crippen LogP contribution in [0.4, 0.5) is 10.1 Å². The van der Waals surface area contributed by atoms with Crippen molar-refractivity contribution in [3.05, 3.63) is 58.6 Å². The van der Waals surface area contributed by atoms with E-state index in [1.165, 1.54) is 36.1 Å². The third-order valence-corrected chi connectivity index (χ3v) is 4.48. The molecule has 10 heteroatoms. The van der Waals surface area contributed by atoms with Gasteiger partial charge in [-0.25, -0.2) is 4.39 Å². The van der Waals surface area contributed by atoms with Gasteiger partial charge in [0.25, 0.3) is 0 Å². The molecule has 8 nitrogen and oxygen atoms in total. The summed E-state index contributed by atoms with van der Waals surface area (Å²) < 4.78 is 26.4. The van der Waals surface area contributed by atoms with Gasteiger partial charge in [0.1, 0.15) is 11.5 Å². The molecule has 0 radical (unpaired) electrons. The third kappa shape index (κ3) is 5.37. The molecule has 0 saturated carbocycles. The maximum Gasteiger partial charge on any atom is 0.248 e. The van der Waals surface area contributed by atoms with Crippen LogP contribution < -0.4 is 14.8 Å². The average Bonchev–Trinajstić information content (AvgIpc) is 3.18. The summed E-state index contributed by atoms with van der Waals surface area (Å²) in [6.45, 7) is 4.15. The lowest BCUT2D eigenvalue weighted by atomic mass is 10.2. The fraction of sp³-hybridized carbons (Fsp3) is 0.238. The molecule has 31 heavy (non-hydrogen) atoms. The number of nitrogens with zero attached hydrogens (tertiary/aromatic N) is 4. The Labute approximate surface area is 183 Å². The van der Waals surface area contributed by atoms with Crippen molar-refractivity contribution < 1.29 is 18.7 Å². The molecule has 162 valence electrons. The number of rotatable bonds is 8. The lowest BCUT2D eigenvalue weighted by molar-refractivity contribution is -0.111. The smallest absolute Gasteiger partial charge is 0.248 e. The van der Waals surface area contributed by atoms with E-state index < -0.39 is 11.7 Å². The molecule has 0 bridgehead atoms. The number of benzene rings is 2. The molecule has 0 fully saturated rings. The molecule has 0 unspecified atom stereocenters. The number of ether oxygens (including phenoxy) is 2. The number of hydrogen-bond donors (Lipinski definition) is 1. The second kappa shape index (κ2) is 10.0. The normalized spacial score (nSPS) is 11.0. The van der Waals surface area contributed by atoms with Gasteiger partial charge in [0.2, 0.25) is 5.91 Å². The first-order chi connectivity index (χ1) is 14.9. The molecule has 1 amide bonds. The molecule has 0 spiro atoms. The van der Waals surface area contributed by atoms with E-state index >= 15 is 0 Å². The van der Waals surface area contributed by atoms with Crippen molar-refractivity contribution in [2.45, 2.75) is 20.3 Å². The molecule has 0 aliphatic rings.